The maximum atomic E-state index is 15.6. The molecule has 116 heavy (non-hydrogen) atoms. The maximum Gasteiger partial charge on any atom is 0.407 e. The van der Waals surface area contributed by atoms with Gasteiger partial charge in [0, 0.05) is 43.4 Å². The monoisotopic (exact) mass is 1630 g/mol. The Morgan fingerprint density at radius 2 is 0.888 bits per heavy atom. The van der Waals surface area contributed by atoms with Gasteiger partial charge in [0.15, 0.2) is 5.69 Å². The number of hydrogen-bond donors (Lipinski definition) is 8. The van der Waals surface area contributed by atoms with Gasteiger partial charge < -0.3 is 47.3 Å². The van der Waals surface area contributed by atoms with E-state index in [1.807, 2.05) is 101 Å². The second kappa shape index (κ2) is 39.2. The van der Waals surface area contributed by atoms with Crippen LogP contribution < -0.4 is 37.5 Å². The number of carbonyl (C=O) groups excluding carboxylic acids is 4. The number of hydrogen-bond acceptors (Lipinski definition) is 15. The Kier molecular flexibility index (Phi) is 31.2. The van der Waals surface area contributed by atoms with E-state index in [-0.39, 0.29) is 63.1 Å². The smallest absolute Gasteiger partial charge is 0.407 e. The van der Waals surface area contributed by atoms with Crippen molar-refractivity contribution < 1.29 is 51.5 Å². The molecule has 5 aromatic heterocycles. The fourth-order valence-electron chi connectivity index (χ4n) is 12.8. The van der Waals surface area contributed by atoms with E-state index in [0.717, 1.165) is 70.5 Å². The minimum absolute atomic E-state index is 0. The summed E-state index contributed by atoms with van der Waals surface area (Å²) < 4.78 is 62.3. The van der Waals surface area contributed by atoms with E-state index >= 15 is 8.78 Å². The first-order valence-corrected chi connectivity index (χ1v) is 38.9. The van der Waals surface area contributed by atoms with E-state index in [2.05, 4.69) is 51.3 Å². The van der Waals surface area contributed by atoms with Crippen LogP contribution in [-0.2, 0) is 51.2 Å². The van der Waals surface area contributed by atoms with Crippen LogP contribution in [0.5, 0.6) is 0 Å². The summed E-state index contributed by atoms with van der Waals surface area (Å²) in [5.74, 6) is -1.96. The number of ether oxygens (including phenoxy) is 2. The topological polar surface area (TPSA) is 333 Å². The minimum atomic E-state index is -1.49. The lowest BCUT2D eigenvalue weighted by atomic mass is 9.79. The Hall–Kier alpha value is -10.8. The van der Waals surface area contributed by atoms with Crippen LogP contribution in [0.25, 0.3) is 17.1 Å². The van der Waals surface area contributed by atoms with Crippen LogP contribution in [0.2, 0.25) is 0 Å². The number of alkyl carbamates (subject to hydrolysis) is 2. The number of carbonyl (C=O) groups is 5. The third-order valence-corrected chi connectivity index (χ3v) is 20.5. The van der Waals surface area contributed by atoms with E-state index in [0.29, 0.717) is 76.6 Å². The number of pyridine rings is 2. The fourth-order valence-corrected chi connectivity index (χ4v) is 13.8. The summed E-state index contributed by atoms with van der Waals surface area (Å²) in [5.41, 5.74) is 21.7. The molecule has 0 aliphatic heterocycles. The van der Waals surface area contributed by atoms with Crippen molar-refractivity contribution >= 4 is 64.7 Å². The molecule has 2 fully saturated rings. The summed E-state index contributed by atoms with van der Waals surface area (Å²) in [7, 11) is -1.49. The normalized spacial score (nSPS) is 13.8. The lowest BCUT2D eigenvalue weighted by Gasteiger charge is -2.38. The van der Waals surface area contributed by atoms with Gasteiger partial charge >= 0.3 is 18.2 Å². The SMILES string of the molecule is C.C.Cc1cc(C(=O)O)n(-c2cccc(CNC(=O)OC(C)(C)C)c2)n1.Cc1cc(C(CCC2CC2)(N[S@](=O)C(C)(C)C)c2ccc(F)c(NC(=O)c3cc(C)nn3-c3cccc(CNC(=O)OC(C)(C)C)c3)c2)ccn1.Cc1cc(C(N)(CCC2CC2)c2ccc(F)c(NC(=O)c3cc(C)nn3-c3cccc(CN)c3)c2)ccn1.Cl. The van der Waals surface area contributed by atoms with Crippen LogP contribution in [-0.4, -0.2) is 94.5 Å². The molecule has 4 amide bonds. The van der Waals surface area contributed by atoms with Gasteiger partial charge in [-0.3, -0.25) is 19.6 Å². The zero-order valence-corrected chi connectivity index (χ0v) is 68.7. The molecule has 2 saturated carbocycles. The molecule has 10 N–H and O–H groups in total. The van der Waals surface area contributed by atoms with Gasteiger partial charge in [0.25, 0.3) is 11.8 Å². The second-order valence-electron chi connectivity index (χ2n) is 32.0. The second-order valence-corrected chi connectivity index (χ2v) is 33.9. The molecular formula is C88H112ClF2N15O9S. The predicted octanol–water partition coefficient (Wildman–Crippen LogP) is 17.5. The Bertz CT molecular complexity index is 5130. The fraction of sp³-hybridized carbons (Fsp3) is 0.386. The zero-order valence-electron chi connectivity index (χ0n) is 67.0. The van der Waals surface area contributed by atoms with Gasteiger partial charge in [-0.25, -0.2) is 46.1 Å². The standard InChI is InChI=1S/C39H49FN6O4S.C30H33FN6O.C17H21N3O4.2CH4.ClH/c1-25-20-30(17-19-41-25)39(18-16-27-12-13-27,45-51(49)38(6,7)8)29-14-15-32(40)33(23-29)43-35(47)34-21-26(2)44-46(34)31-11-9-10-28(22-31)24-42-36(48)50-37(3,4)5;1-19-14-24(11-13-34-19)30(33,12-10-21-6-7-21)23-8-9-26(31)27(17-23)35-29(38)28-15-20(2)36-37(28)25-5-3-4-22(16-25)18-32;1-11-8-14(15(21)22)20(19-11)13-7-5-6-12(9-13)10-18-16(23)24-17(2,3)4;;;/h9-11,14-15,17,19-23,27,45H,12-13,16,18,24H2,1-8H3,(H,42,48)(H,43,47);3-5,8-9,11,13-17,21H,6-7,10,12,18,32-33H2,1-2H3,(H,35,38);5-9H,10H2,1-4H3,(H,18,23)(H,21,22);2*1H4;1H/t39?,51-;;;;;/m1...../s1. The third kappa shape index (κ3) is 24.8. The number of anilines is 2. The van der Waals surface area contributed by atoms with Crippen LogP contribution in [0, 0.1) is 58.1 Å². The number of carboxylic acids is 1. The molecule has 5 heterocycles. The van der Waals surface area contributed by atoms with Gasteiger partial charge in [0.1, 0.15) is 34.2 Å². The first-order chi connectivity index (χ1) is 53.3. The number of amides is 4. The molecule has 10 aromatic rings. The number of aromatic carboxylic acids is 1. The van der Waals surface area contributed by atoms with Gasteiger partial charge in [-0.2, -0.15) is 15.3 Å². The van der Waals surface area contributed by atoms with Gasteiger partial charge in [0.05, 0.1) is 72.3 Å². The summed E-state index contributed by atoms with van der Waals surface area (Å²) in [6, 6.07) is 43.9. The highest BCUT2D eigenvalue weighted by Gasteiger charge is 2.41. The molecule has 12 rings (SSSR count). The minimum Gasteiger partial charge on any atom is -0.477 e. The summed E-state index contributed by atoms with van der Waals surface area (Å²) in [6.07, 6.45) is 10.4. The van der Waals surface area contributed by atoms with E-state index in [1.165, 1.54) is 40.4 Å². The van der Waals surface area contributed by atoms with Crippen LogP contribution in [0.3, 0.4) is 0 Å². The highest BCUT2D eigenvalue weighted by Crippen LogP contribution is 2.44. The van der Waals surface area contributed by atoms with E-state index in [4.69, 9.17) is 20.9 Å². The number of nitrogens with one attached hydrogen (secondary N) is 5. The number of rotatable bonds is 25. The van der Waals surface area contributed by atoms with Gasteiger partial charge in [-0.05, 0) is 277 Å². The molecule has 28 heteroatoms. The van der Waals surface area contributed by atoms with E-state index in [9.17, 15) is 33.3 Å². The maximum absolute atomic E-state index is 15.6. The first-order valence-electron chi connectivity index (χ1n) is 37.8. The molecule has 620 valence electrons. The van der Waals surface area contributed by atoms with Crippen molar-refractivity contribution in [1.82, 2.24) is 54.7 Å². The number of nitrogens with zero attached hydrogens (tertiary/aromatic N) is 8. The average molecular weight is 1630 g/mol. The first kappa shape index (κ1) is 92.3. The van der Waals surface area contributed by atoms with Crippen molar-refractivity contribution in [1.29, 1.82) is 0 Å². The lowest BCUT2D eigenvalue weighted by molar-refractivity contribution is 0.0512. The van der Waals surface area contributed by atoms with Gasteiger partial charge in [0.2, 0.25) is 0 Å². The number of nitrogens with two attached hydrogens (primary N) is 2. The van der Waals surface area contributed by atoms with Crippen molar-refractivity contribution in [3.05, 3.63) is 260 Å². The molecule has 5 aromatic carbocycles. The molecule has 24 nitrogen and oxygen atoms in total. The number of carboxylic acid groups (broad SMARTS) is 1. The van der Waals surface area contributed by atoms with Crippen molar-refractivity contribution in [3.63, 3.8) is 0 Å². The quantitative estimate of drug-likeness (QED) is 0.0264. The third-order valence-electron chi connectivity index (χ3n) is 18.9. The molecule has 2 aliphatic carbocycles. The summed E-state index contributed by atoms with van der Waals surface area (Å²) >= 11 is 0. The highest BCUT2D eigenvalue weighted by molar-refractivity contribution is 7.84. The molecule has 0 radical (unpaired) electrons. The number of aryl methyl sites for hydroxylation is 5. The Balaban J connectivity index is 0.000000253. The highest BCUT2D eigenvalue weighted by atomic mass is 35.5. The number of halogens is 3. The largest absolute Gasteiger partial charge is 0.477 e. The van der Waals surface area contributed by atoms with E-state index in [1.54, 1.807) is 146 Å². The van der Waals surface area contributed by atoms with E-state index < -0.39 is 79.6 Å². The average Bonchev–Trinajstić information content (AvgIpc) is 0.942. The van der Waals surface area contributed by atoms with Crippen molar-refractivity contribution in [2.24, 2.45) is 23.3 Å². The molecule has 0 saturated heterocycles. The summed E-state index contributed by atoms with van der Waals surface area (Å²) in [4.78, 5) is 71.3. The summed E-state index contributed by atoms with van der Waals surface area (Å²) in [6.45, 7) is 26.5. The molecule has 0 spiro atoms. The molecule has 0 bridgehead atoms. The van der Waals surface area contributed by atoms with Crippen molar-refractivity contribution in [2.45, 2.75) is 210 Å². The van der Waals surface area contributed by atoms with Crippen LogP contribution in [0.1, 0.15) is 227 Å². The van der Waals surface area contributed by atoms with Crippen LogP contribution in [0.15, 0.2) is 164 Å². The van der Waals surface area contributed by atoms with Gasteiger partial charge in [-0.15, -0.1) is 12.4 Å². The molecule has 2 aliphatic rings. The Labute approximate surface area is 688 Å². The zero-order chi connectivity index (χ0) is 81.9. The molecule has 3 atom stereocenters. The number of aromatic nitrogens is 8. The lowest BCUT2D eigenvalue weighted by Crippen LogP contribution is -2.49. The van der Waals surface area contributed by atoms with Gasteiger partial charge in [-0.1, -0.05) is 89.1 Å². The Morgan fingerprint density at radius 1 is 0.509 bits per heavy atom. The van der Waals surface area contributed by atoms with Crippen LogP contribution >= 0.6 is 12.4 Å². The van der Waals surface area contributed by atoms with Crippen molar-refractivity contribution in [2.75, 3.05) is 10.6 Å². The predicted molar refractivity (Wildman–Crippen MR) is 454 cm³/mol. The molecule has 2 unspecified atom stereocenters. The van der Waals surface area contributed by atoms with Crippen LogP contribution in [0.4, 0.5) is 29.7 Å². The van der Waals surface area contributed by atoms with Crippen molar-refractivity contribution in [3.8, 4) is 17.1 Å². The Morgan fingerprint density at radius 3 is 1.31 bits per heavy atom. The number of benzene rings is 5. The molecular weight excluding hydrogens is 1520 g/mol. The summed E-state index contributed by atoms with van der Waals surface area (Å²) in [5, 5.41) is 33.5.